The summed E-state index contributed by atoms with van der Waals surface area (Å²) in [5, 5.41) is 0. The van der Waals surface area contributed by atoms with Crippen molar-refractivity contribution < 1.29 is 19.1 Å². The van der Waals surface area contributed by atoms with Crippen LogP contribution in [0.3, 0.4) is 0 Å². The van der Waals surface area contributed by atoms with E-state index < -0.39 is 5.97 Å². The van der Waals surface area contributed by atoms with Crippen molar-refractivity contribution in [2.45, 2.75) is 78.2 Å². The second-order valence-corrected chi connectivity index (χ2v) is 11.0. The molecule has 4 nitrogen and oxygen atoms in total. The Morgan fingerprint density at radius 2 is 1.66 bits per heavy atom. The minimum Gasteiger partial charge on any atom is -0.458 e. The van der Waals surface area contributed by atoms with Crippen molar-refractivity contribution in [2.24, 2.45) is 28.6 Å². The molecule has 0 N–H and O–H groups in total. The number of ketones is 2. The van der Waals surface area contributed by atoms with Gasteiger partial charge in [0.25, 0.3) is 0 Å². The molecule has 4 aliphatic rings. The number of esters is 1. The molecule has 0 heterocycles. The van der Waals surface area contributed by atoms with Crippen molar-refractivity contribution in [3.63, 3.8) is 0 Å². The Balaban J connectivity index is 1.33. The second kappa shape index (κ2) is 7.67. The molecule has 0 aliphatic heterocycles. The summed E-state index contributed by atoms with van der Waals surface area (Å²) in [6.07, 6.45) is 9.97. The van der Waals surface area contributed by atoms with Gasteiger partial charge < -0.3 is 4.74 Å². The summed E-state index contributed by atoms with van der Waals surface area (Å²) in [4.78, 5) is 37.4. The van der Waals surface area contributed by atoms with Crippen LogP contribution in [-0.4, -0.2) is 23.6 Å². The average Bonchev–Trinajstić information content (AvgIpc) is 3.08. The van der Waals surface area contributed by atoms with Crippen molar-refractivity contribution >= 4 is 17.5 Å². The van der Waals surface area contributed by atoms with Gasteiger partial charge in [0.15, 0.2) is 5.78 Å². The predicted molar refractivity (Wildman–Crippen MR) is 122 cm³/mol. The highest BCUT2D eigenvalue weighted by atomic mass is 16.5. The molecule has 3 fully saturated rings. The van der Waals surface area contributed by atoms with Crippen molar-refractivity contribution in [1.29, 1.82) is 0 Å². The molecule has 0 amide bonds. The number of rotatable bonds is 3. The first-order valence-electron chi connectivity index (χ1n) is 12.3. The summed E-state index contributed by atoms with van der Waals surface area (Å²) in [5.74, 6) is 1.74. The van der Waals surface area contributed by atoms with Gasteiger partial charge in [-0.3, -0.25) is 9.59 Å². The van der Waals surface area contributed by atoms with E-state index in [-0.39, 0.29) is 22.7 Å². The summed E-state index contributed by atoms with van der Waals surface area (Å²) in [6.45, 7) is 6.12. The molecule has 0 spiro atoms. The van der Waals surface area contributed by atoms with Crippen LogP contribution in [0.1, 0.15) is 92.9 Å². The van der Waals surface area contributed by atoms with E-state index in [4.69, 9.17) is 4.74 Å². The van der Waals surface area contributed by atoms with E-state index in [1.54, 1.807) is 24.3 Å². The van der Waals surface area contributed by atoms with Crippen molar-refractivity contribution in [2.75, 3.05) is 0 Å². The number of fused-ring (bicyclic) bond motifs is 5. The molecule has 170 valence electrons. The van der Waals surface area contributed by atoms with Crippen molar-refractivity contribution in [3.8, 4) is 0 Å². The van der Waals surface area contributed by atoms with Crippen molar-refractivity contribution in [1.82, 2.24) is 0 Å². The fourth-order valence-electron chi connectivity index (χ4n) is 7.68. The molecular weight excluding hydrogens is 400 g/mol. The third-order valence-electron chi connectivity index (χ3n) is 9.57. The van der Waals surface area contributed by atoms with Gasteiger partial charge in [-0.2, -0.15) is 0 Å². The van der Waals surface area contributed by atoms with Crippen LogP contribution < -0.4 is 0 Å². The summed E-state index contributed by atoms with van der Waals surface area (Å²) in [5.41, 5.74) is 2.28. The zero-order valence-corrected chi connectivity index (χ0v) is 19.5. The Labute approximate surface area is 190 Å². The molecule has 0 radical (unpaired) electrons. The van der Waals surface area contributed by atoms with Crippen LogP contribution in [0.25, 0.3) is 0 Å². The van der Waals surface area contributed by atoms with Gasteiger partial charge in [0.1, 0.15) is 11.9 Å². The van der Waals surface area contributed by atoms with E-state index in [0.717, 1.165) is 51.4 Å². The van der Waals surface area contributed by atoms with Gasteiger partial charge in [-0.15, -0.1) is 0 Å². The molecule has 32 heavy (non-hydrogen) atoms. The van der Waals surface area contributed by atoms with Crippen molar-refractivity contribution in [3.05, 3.63) is 47.0 Å². The highest BCUT2D eigenvalue weighted by Gasteiger charge is 2.58. The lowest BCUT2D eigenvalue weighted by Crippen LogP contribution is -2.50. The van der Waals surface area contributed by atoms with E-state index in [1.807, 2.05) is 0 Å². The largest absolute Gasteiger partial charge is 0.458 e. The van der Waals surface area contributed by atoms with Gasteiger partial charge in [-0.05, 0) is 74.7 Å². The van der Waals surface area contributed by atoms with Crippen LogP contribution in [0.15, 0.2) is 35.9 Å². The van der Waals surface area contributed by atoms with Gasteiger partial charge >= 0.3 is 5.97 Å². The molecule has 3 unspecified atom stereocenters. The summed E-state index contributed by atoms with van der Waals surface area (Å²) in [6, 6.07) is 6.91. The average molecular weight is 435 g/mol. The van der Waals surface area contributed by atoms with Gasteiger partial charge in [0, 0.05) is 23.8 Å². The van der Waals surface area contributed by atoms with Crippen LogP contribution in [0.5, 0.6) is 0 Å². The smallest absolute Gasteiger partial charge is 0.339 e. The van der Waals surface area contributed by atoms with E-state index in [0.29, 0.717) is 34.7 Å². The molecular formula is C28H34O4. The standard InChI is InChI=1S/C28H34O4/c1-17(29)20-6-4-5-7-21(20)26(31)32-19-12-14-27(2)18(16-19)8-9-22-23-10-11-25(30)28(23,3)15-13-24(22)27/h4-8,19,22-24H,9-16H2,1-3H3/t19-,22?,23?,24?,27-,28-/m0/s1. The molecule has 1 aromatic carbocycles. The number of carbonyl (C=O) groups is 3. The van der Waals surface area contributed by atoms with Crippen LogP contribution in [0, 0.1) is 28.6 Å². The molecule has 4 heteroatoms. The summed E-state index contributed by atoms with van der Waals surface area (Å²) < 4.78 is 5.92. The maximum absolute atomic E-state index is 12.9. The SMILES string of the molecule is CC(=O)c1ccccc1C(=O)O[C@H]1CC[C@@]2(C)C(=CCC3C2CC[C@]2(C)C(=O)CCC32)C1. The summed E-state index contributed by atoms with van der Waals surface area (Å²) in [7, 11) is 0. The number of benzene rings is 1. The molecule has 3 saturated carbocycles. The predicted octanol–water partition coefficient (Wildman–Crippen LogP) is 5.95. The minimum atomic E-state index is -0.392. The van der Waals surface area contributed by atoms with E-state index in [1.165, 1.54) is 12.5 Å². The first-order chi connectivity index (χ1) is 15.2. The number of ether oxygens (including phenoxy) is 1. The van der Waals surface area contributed by atoms with Gasteiger partial charge in [0.2, 0.25) is 0 Å². The lowest BCUT2D eigenvalue weighted by Gasteiger charge is -2.56. The number of hydrogen-bond donors (Lipinski definition) is 0. The Hall–Kier alpha value is -2.23. The molecule has 0 aromatic heterocycles. The van der Waals surface area contributed by atoms with Crippen LogP contribution in [0.2, 0.25) is 0 Å². The molecule has 0 bridgehead atoms. The number of allylic oxidation sites excluding steroid dienone is 1. The lowest BCUT2D eigenvalue weighted by atomic mass is 9.48. The highest BCUT2D eigenvalue weighted by molar-refractivity contribution is 6.05. The monoisotopic (exact) mass is 434 g/mol. The van der Waals surface area contributed by atoms with Crippen LogP contribution >= 0.6 is 0 Å². The van der Waals surface area contributed by atoms with Gasteiger partial charge in [-0.1, -0.05) is 43.7 Å². The van der Waals surface area contributed by atoms with E-state index in [9.17, 15) is 14.4 Å². The van der Waals surface area contributed by atoms with Gasteiger partial charge in [-0.25, -0.2) is 4.79 Å². The fraction of sp³-hybridized carbons (Fsp3) is 0.607. The van der Waals surface area contributed by atoms with Gasteiger partial charge in [0.05, 0.1) is 5.56 Å². The first-order valence-corrected chi connectivity index (χ1v) is 12.3. The Bertz CT molecular complexity index is 1010. The number of Topliss-reactive ketones (excluding diaryl/α,β-unsaturated/α-hetero) is 2. The van der Waals surface area contributed by atoms with E-state index >= 15 is 0 Å². The third kappa shape index (κ3) is 3.21. The zero-order chi connectivity index (χ0) is 22.7. The molecule has 0 saturated heterocycles. The topological polar surface area (TPSA) is 60.4 Å². The molecule has 1 aromatic rings. The van der Waals surface area contributed by atoms with Crippen LogP contribution in [-0.2, 0) is 9.53 Å². The van der Waals surface area contributed by atoms with Crippen LogP contribution in [0.4, 0.5) is 0 Å². The Morgan fingerprint density at radius 3 is 2.41 bits per heavy atom. The maximum Gasteiger partial charge on any atom is 0.339 e. The Kier molecular flexibility index (Phi) is 5.18. The molecule has 6 atom stereocenters. The maximum atomic E-state index is 12.9. The van der Waals surface area contributed by atoms with E-state index in [2.05, 4.69) is 19.9 Å². The minimum absolute atomic E-state index is 0.0975. The Morgan fingerprint density at radius 1 is 0.969 bits per heavy atom. The summed E-state index contributed by atoms with van der Waals surface area (Å²) >= 11 is 0. The highest BCUT2D eigenvalue weighted by Crippen LogP contribution is 2.64. The quantitative estimate of drug-likeness (QED) is 0.335. The number of hydrogen-bond acceptors (Lipinski definition) is 4. The lowest BCUT2D eigenvalue weighted by molar-refractivity contribution is -0.132. The molecule has 5 rings (SSSR count). The second-order valence-electron chi connectivity index (χ2n) is 11.0. The molecule has 4 aliphatic carbocycles. The third-order valence-corrected chi connectivity index (χ3v) is 9.57. The zero-order valence-electron chi connectivity index (χ0n) is 19.5. The first kappa shape index (κ1) is 21.6. The fourth-order valence-corrected chi connectivity index (χ4v) is 7.68. The number of carbonyl (C=O) groups excluding carboxylic acids is 3. The normalized spacial score (nSPS) is 38.2.